The van der Waals surface area contributed by atoms with Gasteiger partial charge in [-0.15, -0.1) is 0 Å². The molecule has 1 aromatic carbocycles. The Bertz CT molecular complexity index is 622. The maximum Gasteiger partial charge on any atom is 0.335 e. The Morgan fingerprint density at radius 3 is 2.85 bits per heavy atom. The summed E-state index contributed by atoms with van der Waals surface area (Å²) in [4.78, 5) is 15.6. The summed E-state index contributed by atoms with van der Waals surface area (Å²) in [7, 11) is 0. The molecule has 5 heteroatoms. The molecule has 1 atom stereocenters. The smallest absolute Gasteiger partial charge is 0.335 e. The van der Waals surface area contributed by atoms with E-state index in [0.717, 1.165) is 35.5 Å². The lowest BCUT2D eigenvalue weighted by Crippen LogP contribution is -2.09. The summed E-state index contributed by atoms with van der Waals surface area (Å²) in [6, 6.07) is 5.57. The van der Waals surface area contributed by atoms with E-state index < -0.39 is 5.97 Å². The molecular weight excluding hydrogens is 272 g/mol. The van der Waals surface area contributed by atoms with Crippen molar-refractivity contribution >= 4 is 28.8 Å². The van der Waals surface area contributed by atoms with Crippen LogP contribution < -0.4 is 0 Å². The van der Waals surface area contributed by atoms with E-state index in [2.05, 4.69) is 29.7 Å². The lowest BCUT2D eigenvalue weighted by molar-refractivity contribution is 0.0697. The molecular formula is C15H20N2O2S. The van der Waals surface area contributed by atoms with Gasteiger partial charge in [0.15, 0.2) is 0 Å². The Kier molecular flexibility index (Phi) is 4.70. The van der Waals surface area contributed by atoms with Gasteiger partial charge in [0.2, 0.25) is 0 Å². The van der Waals surface area contributed by atoms with Crippen molar-refractivity contribution in [1.82, 2.24) is 9.55 Å². The number of imidazole rings is 1. The second kappa shape index (κ2) is 6.31. The number of carboxylic acids is 1. The van der Waals surface area contributed by atoms with Crippen molar-refractivity contribution in [2.75, 3.05) is 12.0 Å². The number of aryl methyl sites for hydroxylation is 1. The average molecular weight is 292 g/mol. The molecule has 0 saturated carbocycles. The van der Waals surface area contributed by atoms with E-state index in [9.17, 15) is 4.79 Å². The fourth-order valence-corrected chi connectivity index (χ4v) is 3.02. The van der Waals surface area contributed by atoms with Crippen LogP contribution in [0.15, 0.2) is 18.2 Å². The summed E-state index contributed by atoms with van der Waals surface area (Å²) < 4.78 is 2.25. The zero-order valence-corrected chi connectivity index (χ0v) is 12.9. The first kappa shape index (κ1) is 14.9. The number of aromatic carboxylic acids is 1. The number of nitrogens with zero attached hydrogens (tertiary/aromatic N) is 2. The third-order valence-corrected chi connectivity index (χ3v) is 4.15. The predicted octanol–water partition coefficient (Wildman–Crippen LogP) is 3.61. The Hall–Kier alpha value is -1.49. The van der Waals surface area contributed by atoms with Crippen molar-refractivity contribution in [2.24, 2.45) is 0 Å². The molecule has 108 valence electrons. The normalized spacial score (nSPS) is 12.8. The predicted molar refractivity (Wildman–Crippen MR) is 83.8 cm³/mol. The lowest BCUT2D eigenvalue weighted by atomic mass is 10.2. The van der Waals surface area contributed by atoms with Crippen LogP contribution >= 0.6 is 11.8 Å². The number of hydrogen-bond acceptors (Lipinski definition) is 3. The first-order valence-corrected chi connectivity index (χ1v) is 8.21. The molecule has 0 saturated heterocycles. The summed E-state index contributed by atoms with van der Waals surface area (Å²) in [6.45, 7) is 4.28. The Morgan fingerprint density at radius 1 is 1.50 bits per heavy atom. The van der Waals surface area contributed by atoms with Crippen LogP contribution in [0.4, 0.5) is 0 Å². The summed E-state index contributed by atoms with van der Waals surface area (Å²) in [5, 5.41) is 9.07. The van der Waals surface area contributed by atoms with Crippen molar-refractivity contribution in [1.29, 1.82) is 0 Å². The van der Waals surface area contributed by atoms with Crippen LogP contribution in [0.5, 0.6) is 0 Å². The molecule has 0 amide bonds. The number of benzene rings is 1. The molecule has 0 bridgehead atoms. The maximum atomic E-state index is 11.0. The van der Waals surface area contributed by atoms with E-state index in [-0.39, 0.29) is 0 Å². The molecule has 0 spiro atoms. The molecule has 1 heterocycles. The van der Waals surface area contributed by atoms with E-state index in [4.69, 9.17) is 5.11 Å². The molecule has 0 aliphatic heterocycles. The minimum atomic E-state index is -0.907. The van der Waals surface area contributed by atoms with Crippen molar-refractivity contribution in [2.45, 2.75) is 32.7 Å². The SMILES string of the molecule is CCc1nc2cc(C(=O)O)ccc2n1C(C)CCSC. The number of thioether (sulfide) groups is 1. The zero-order chi connectivity index (χ0) is 14.7. The van der Waals surface area contributed by atoms with Crippen LogP contribution in [0.1, 0.15) is 42.5 Å². The minimum absolute atomic E-state index is 0.293. The molecule has 20 heavy (non-hydrogen) atoms. The summed E-state index contributed by atoms with van der Waals surface area (Å²) in [5.41, 5.74) is 2.10. The Morgan fingerprint density at radius 2 is 2.25 bits per heavy atom. The molecule has 1 unspecified atom stereocenters. The van der Waals surface area contributed by atoms with Crippen LogP contribution in [0, 0.1) is 0 Å². The van der Waals surface area contributed by atoms with E-state index in [1.54, 1.807) is 12.1 Å². The van der Waals surface area contributed by atoms with Gasteiger partial charge in [-0.05, 0) is 43.6 Å². The summed E-state index contributed by atoms with van der Waals surface area (Å²) in [6.07, 6.45) is 4.04. The summed E-state index contributed by atoms with van der Waals surface area (Å²) >= 11 is 1.84. The molecule has 2 rings (SSSR count). The van der Waals surface area contributed by atoms with Gasteiger partial charge in [0.05, 0.1) is 16.6 Å². The molecule has 0 aliphatic carbocycles. The van der Waals surface area contributed by atoms with Crippen LogP contribution in [-0.4, -0.2) is 32.6 Å². The van der Waals surface area contributed by atoms with Crippen molar-refractivity contribution in [3.8, 4) is 0 Å². The molecule has 0 fully saturated rings. The monoisotopic (exact) mass is 292 g/mol. The zero-order valence-electron chi connectivity index (χ0n) is 12.1. The van der Waals surface area contributed by atoms with Gasteiger partial charge in [-0.1, -0.05) is 6.92 Å². The van der Waals surface area contributed by atoms with Gasteiger partial charge >= 0.3 is 5.97 Å². The van der Waals surface area contributed by atoms with E-state index in [1.165, 1.54) is 0 Å². The minimum Gasteiger partial charge on any atom is -0.478 e. The van der Waals surface area contributed by atoms with Gasteiger partial charge in [-0.2, -0.15) is 11.8 Å². The third-order valence-electron chi connectivity index (χ3n) is 3.51. The summed E-state index contributed by atoms with van der Waals surface area (Å²) in [5.74, 6) is 1.23. The van der Waals surface area contributed by atoms with Crippen molar-refractivity contribution in [3.05, 3.63) is 29.6 Å². The maximum absolute atomic E-state index is 11.0. The van der Waals surface area contributed by atoms with Gasteiger partial charge in [-0.3, -0.25) is 0 Å². The average Bonchev–Trinajstić information content (AvgIpc) is 2.82. The van der Waals surface area contributed by atoms with Gasteiger partial charge in [0, 0.05) is 12.5 Å². The highest BCUT2D eigenvalue weighted by atomic mass is 32.2. The molecule has 4 nitrogen and oxygen atoms in total. The lowest BCUT2D eigenvalue weighted by Gasteiger charge is -2.16. The van der Waals surface area contributed by atoms with Crippen LogP contribution in [0.3, 0.4) is 0 Å². The first-order valence-electron chi connectivity index (χ1n) is 6.81. The number of rotatable bonds is 6. The van der Waals surface area contributed by atoms with E-state index in [0.29, 0.717) is 11.6 Å². The second-order valence-corrected chi connectivity index (χ2v) is 5.88. The molecule has 0 radical (unpaired) electrons. The topological polar surface area (TPSA) is 55.1 Å². The molecule has 1 aromatic heterocycles. The van der Waals surface area contributed by atoms with Crippen molar-refractivity contribution < 1.29 is 9.90 Å². The quantitative estimate of drug-likeness (QED) is 0.883. The number of hydrogen-bond donors (Lipinski definition) is 1. The highest BCUT2D eigenvalue weighted by Gasteiger charge is 2.16. The Labute approximate surface area is 123 Å². The second-order valence-electron chi connectivity index (χ2n) is 4.89. The third kappa shape index (κ3) is 2.82. The van der Waals surface area contributed by atoms with Crippen LogP contribution in [0.2, 0.25) is 0 Å². The number of carbonyl (C=O) groups is 1. The van der Waals surface area contributed by atoms with Crippen LogP contribution in [0.25, 0.3) is 11.0 Å². The first-order chi connectivity index (χ1) is 9.58. The van der Waals surface area contributed by atoms with Gasteiger partial charge < -0.3 is 9.67 Å². The van der Waals surface area contributed by atoms with E-state index >= 15 is 0 Å². The Balaban J connectivity index is 2.49. The molecule has 1 N–H and O–H groups in total. The number of aromatic nitrogens is 2. The van der Waals surface area contributed by atoms with Gasteiger partial charge in [0.1, 0.15) is 5.82 Å². The fraction of sp³-hybridized carbons (Fsp3) is 0.467. The van der Waals surface area contributed by atoms with Crippen molar-refractivity contribution in [3.63, 3.8) is 0 Å². The molecule has 2 aromatic rings. The van der Waals surface area contributed by atoms with Gasteiger partial charge in [-0.25, -0.2) is 9.78 Å². The number of carboxylic acid groups (broad SMARTS) is 1. The standard InChI is InChI=1S/C15H20N2O2S/c1-4-14-16-12-9-11(15(18)19)5-6-13(12)17(14)10(2)7-8-20-3/h5-6,9-10H,4,7-8H2,1-3H3,(H,18,19). The van der Waals surface area contributed by atoms with E-state index in [1.807, 2.05) is 17.8 Å². The van der Waals surface area contributed by atoms with Gasteiger partial charge in [0.25, 0.3) is 0 Å². The number of fused-ring (bicyclic) bond motifs is 1. The largest absolute Gasteiger partial charge is 0.478 e. The molecule has 0 aliphatic rings. The fourth-order valence-electron chi connectivity index (χ4n) is 2.44. The highest BCUT2D eigenvalue weighted by Crippen LogP contribution is 2.25. The highest BCUT2D eigenvalue weighted by molar-refractivity contribution is 7.98. The van der Waals surface area contributed by atoms with Crippen LogP contribution in [-0.2, 0) is 6.42 Å².